The van der Waals surface area contributed by atoms with Crippen LogP contribution in [0.15, 0.2) is 192 Å². The molecule has 0 spiro atoms. The number of fused-ring (bicyclic) bond motifs is 4. The molecule has 0 fully saturated rings. The van der Waals surface area contributed by atoms with Gasteiger partial charge in [-0.05, 0) is 105 Å². The summed E-state index contributed by atoms with van der Waals surface area (Å²) in [6.45, 7) is 2.16. The van der Waals surface area contributed by atoms with Gasteiger partial charge in [0.05, 0.1) is 11.0 Å². The van der Waals surface area contributed by atoms with Gasteiger partial charge in [-0.1, -0.05) is 146 Å². The first kappa shape index (κ1) is 31.7. The molecular formula is C51H36N2O. The van der Waals surface area contributed by atoms with E-state index >= 15 is 0 Å². The number of nitrogens with zero attached hydrogens (tertiary/aromatic N) is 2. The lowest BCUT2D eigenvalue weighted by Gasteiger charge is -2.15. The highest BCUT2D eigenvalue weighted by Gasteiger charge is 2.17. The van der Waals surface area contributed by atoms with Crippen LogP contribution in [0.2, 0.25) is 0 Å². The van der Waals surface area contributed by atoms with Crippen molar-refractivity contribution >= 4 is 32.9 Å². The summed E-state index contributed by atoms with van der Waals surface area (Å²) in [7, 11) is 0. The van der Waals surface area contributed by atoms with Gasteiger partial charge in [0.25, 0.3) is 0 Å². The zero-order valence-corrected chi connectivity index (χ0v) is 29.9. The average molecular weight is 693 g/mol. The lowest BCUT2D eigenvalue weighted by atomic mass is 9.89. The summed E-state index contributed by atoms with van der Waals surface area (Å²) in [5, 5.41) is 2.54. The molecule has 3 nitrogen and oxygen atoms in total. The summed E-state index contributed by atoms with van der Waals surface area (Å²) in [6.07, 6.45) is 0.870. The maximum Gasteiger partial charge on any atom is 0.227 e. The smallest absolute Gasteiger partial charge is 0.227 e. The topological polar surface area (TPSA) is 31.0 Å². The fourth-order valence-electron chi connectivity index (χ4n) is 8.01. The SMILES string of the molecule is CCc1cc(-c2ccccc2)cc2nc(-c3ccc(-c4ccccc4-c4ccccc4-c4ccc(-n5c6ccccc6c6ccccc65)cc4)cc3)oc12. The predicted octanol–water partition coefficient (Wildman–Crippen LogP) is 13.8. The molecule has 10 rings (SSSR count). The second-order valence-corrected chi connectivity index (χ2v) is 13.8. The molecule has 54 heavy (non-hydrogen) atoms. The van der Waals surface area contributed by atoms with E-state index in [4.69, 9.17) is 9.40 Å². The van der Waals surface area contributed by atoms with Gasteiger partial charge in [0.15, 0.2) is 5.58 Å². The van der Waals surface area contributed by atoms with E-state index in [-0.39, 0.29) is 0 Å². The zero-order valence-electron chi connectivity index (χ0n) is 29.9. The quantitative estimate of drug-likeness (QED) is 0.166. The number of oxazole rings is 1. The van der Waals surface area contributed by atoms with Crippen LogP contribution in [-0.2, 0) is 6.42 Å². The normalized spacial score (nSPS) is 11.5. The molecule has 0 amide bonds. The van der Waals surface area contributed by atoms with Crippen molar-refractivity contribution in [3.63, 3.8) is 0 Å². The van der Waals surface area contributed by atoms with Gasteiger partial charge < -0.3 is 8.98 Å². The fraction of sp³-hybridized carbons (Fsp3) is 0.0392. The van der Waals surface area contributed by atoms with Crippen LogP contribution in [0.4, 0.5) is 0 Å². The molecule has 2 heterocycles. The minimum absolute atomic E-state index is 0.638. The molecule has 0 unspecified atom stereocenters. The Kier molecular flexibility index (Phi) is 7.77. The Labute approximate surface area is 314 Å². The van der Waals surface area contributed by atoms with Gasteiger partial charge in [-0.2, -0.15) is 0 Å². The second-order valence-electron chi connectivity index (χ2n) is 13.8. The third-order valence-corrected chi connectivity index (χ3v) is 10.7. The molecule has 0 atom stereocenters. The van der Waals surface area contributed by atoms with Crippen LogP contribution >= 0.6 is 0 Å². The molecule has 0 bridgehead atoms. The van der Waals surface area contributed by atoms with Crippen LogP contribution in [0.1, 0.15) is 12.5 Å². The Morgan fingerprint density at radius 1 is 0.444 bits per heavy atom. The van der Waals surface area contributed by atoms with Crippen molar-refractivity contribution in [3.05, 3.63) is 194 Å². The third kappa shape index (κ3) is 5.41. The zero-order chi connectivity index (χ0) is 36.0. The average Bonchev–Trinajstić information content (AvgIpc) is 3.84. The monoisotopic (exact) mass is 692 g/mol. The van der Waals surface area contributed by atoms with Crippen LogP contribution in [0.25, 0.3) is 94.6 Å². The summed E-state index contributed by atoms with van der Waals surface area (Å²) in [4.78, 5) is 4.97. The molecule has 8 aromatic carbocycles. The van der Waals surface area contributed by atoms with Crippen LogP contribution in [-0.4, -0.2) is 9.55 Å². The highest BCUT2D eigenvalue weighted by atomic mass is 16.3. The summed E-state index contributed by atoms with van der Waals surface area (Å²) in [5.74, 6) is 0.638. The van der Waals surface area contributed by atoms with Crippen LogP contribution in [0.3, 0.4) is 0 Å². The third-order valence-electron chi connectivity index (χ3n) is 10.7. The van der Waals surface area contributed by atoms with E-state index in [0.717, 1.165) is 45.5 Å². The lowest BCUT2D eigenvalue weighted by Crippen LogP contribution is -1.94. The van der Waals surface area contributed by atoms with Gasteiger partial charge in [-0.15, -0.1) is 0 Å². The first-order chi connectivity index (χ1) is 26.7. The molecule has 3 heteroatoms. The minimum Gasteiger partial charge on any atom is -0.436 e. The Morgan fingerprint density at radius 2 is 0.944 bits per heavy atom. The molecule has 0 saturated carbocycles. The Balaban J connectivity index is 0.991. The number of hydrogen-bond acceptors (Lipinski definition) is 2. The summed E-state index contributed by atoms with van der Waals surface area (Å²) < 4.78 is 8.80. The Morgan fingerprint density at radius 3 is 1.54 bits per heavy atom. The van der Waals surface area contributed by atoms with Gasteiger partial charge in [0, 0.05) is 22.0 Å². The van der Waals surface area contributed by atoms with Crippen LogP contribution < -0.4 is 0 Å². The van der Waals surface area contributed by atoms with Crippen molar-refractivity contribution in [1.82, 2.24) is 9.55 Å². The van der Waals surface area contributed by atoms with Crippen molar-refractivity contribution in [2.45, 2.75) is 13.3 Å². The van der Waals surface area contributed by atoms with Gasteiger partial charge in [-0.25, -0.2) is 4.98 Å². The number of benzene rings is 8. The van der Waals surface area contributed by atoms with Crippen molar-refractivity contribution < 1.29 is 4.42 Å². The highest BCUT2D eigenvalue weighted by Crippen LogP contribution is 2.40. The molecule has 0 saturated heterocycles. The van der Waals surface area contributed by atoms with E-state index in [1.165, 1.54) is 55.2 Å². The maximum absolute atomic E-state index is 6.43. The van der Waals surface area contributed by atoms with Crippen molar-refractivity contribution in [2.75, 3.05) is 0 Å². The first-order valence-corrected chi connectivity index (χ1v) is 18.6. The molecule has 0 aliphatic carbocycles. The maximum atomic E-state index is 6.43. The number of rotatable bonds is 7. The highest BCUT2D eigenvalue weighted by molar-refractivity contribution is 6.09. The van der Waals surface area contributed by atoms with Crippen LogP contribution in [0, 0.1) is 0 Å². The summed E-state index contributed by atoms with van der Waals surface area (Å²) in [6, 6.07) is 67.2. The van der Waals surface area contributed by atoms with Crippen molar-refractivity contribution in [1.29, 1.82) is 0 Å². The van der Waals surface area contributed by atoms with Gasteiger partial charge in [0.2, 0.25) is 5.89 Å². The number of hydrogen-bond donors (Lipinski definition) is 0. The van der Waals surface area contributed by atoms with Crippen LogP contribution in [0.5, 0.6) is 0 Å². The Hall–Kier alpha value is -6.97. The molecule has 0 radical (unpaired) electrons. The predicted molar refractivity (Wildman–Crippen MR) is 225 cm³/mol. The largest absolute Gasteiger partial charge is 0.436 e. The summed E-state index contributed by atoms with van der Waals surface area (Å²) >= 11 is 0. The molecule has 0 aliphatic heterocycles. The number of aryl methyl sites for hydroxylation is 1. The van der Waals surface area contributed by atoms with E-state index in [9.17, 15) is 0 Å². The first-order valence-electron chi connectivity index (χ1n) is 18.6. The van der Waals surface area contributed by atoms with E-state index in [1.807, 2.05) is 6.07 Å². The van der Waals surface area contributed by atoms with E-state index < -0.39 is 0 Å². The van der Waals surface area contributed by atoms with E-state index in [0.29, 0.717) is 5.89 Å². The molecule has 256 valence electrons. The van der Waals surface area contributed by atoms with E-state index in [1.54, 1.807) is 0 Å². The summed E-state index contributed by atoms with van der Waals surface area (Å²) in [5.41, 5.74) is 16.9. The van der Waals surface area contributed by atoms with Gasteiger partial charge in [0.1, 0.15) is 5.52 Å². The van der Waals surface area contributed by atoms with Gasteiger partial charge >= 0.3 is 0 Å². The van der Waals surface area contributed by atoms with Crippen molar-refractivity contribution in [3.8, 4) is 61.6 Å². The minimum atomic E-state index is 0.638. The standard InChI is InChI=1S/C51H36N2O/c1-2-34-32-39(35-14-4-3-5-15-35)33-47-50(34)54-51(52-47)38-26-24-36(25-27-38)41-16-6-8-18-43(41)44-19-9-7-17-42(44)37-28-30-40(31-29-37)53-48-22-12-10-20-45(48)46-21-11-13-23-49(46)53/h3-33H,2H2,1H3. The molecule has 10 aromatic rings. The molecule has 0 aliphatic rings. The lowest BCUT2D eigenvalue weighted by molar-refractivity contribution is 0.616. The molecular weight excluding hydrogens is 657 g/mol. The van der Waals surface area contributed by atoms with Crippen molar-refractivity contribution in [2.24, 2.45) is 0 Å². The van der Waals surface area contributed by atoms with E-state index in [2.05, 4.69) is 193 Å². The van der Waals surface area contributed by atoms with Gasteiger partial charge in [-0.3, -0.25) is 0 Å². The fourth-order valence-corrected chi connectivity index (χ4v) is 8.01. The second kappa shape index (κ2) is 13.2. The Bertz CT molecular complexity index is 2900. The molecule has 2 aromatic heterocycles. The number of para-hydroxylation sites is 2. The molecule has 0 N–H and O–H groups in total. The number of aromatic nitrogens is 2.